The Morgan fingerprint density at radius 1 is 0.458 bits per heavy atom. The summed E-state index contributed by atoms with van der Waals surface area (Å²) in [5.74, 6) is 0. The van der Waals surface area contributed by atoms with E-state index in [0.717, 1.165) is 0 Å². The van der Waals surface area contributed by atoms with Crippen molar-refractivity contribution in [2.45, 2.75) is 0 Å². The van der Waals surface area contributed by atoms with Crippen molar-refractivity contribution < 1.29 is 5.25 Å². The normalized spacial score (nSPS) is 13.3. The summed E-state index contributed by atoms with van der Waals surface area (Å²) in [5, 5.41) is 1.26. The van der Waals surface area contributed by atoms with Crippen LogP contribution in [-0.4, -0.2) is 20.0 Å². The van der Waals surface area contributed by atoms with Gasteiger partial charge in [0.2, 0.25) is 0 Å². The Balaban J connectivity index is 2.33. The van der Waals surface area contributed by atoms with Crippen molar-refractivity contribution in [2.24, 2.45) is 0 Å². The summed E-state index contributed by atoms with van der Waals surface area (Å²) >= 11 is 10.9. The van der Waals surface area contributed by atoms with Crippen LogP contribution in [0.5, 0.6) is 0 Å². The van der Waals surface area contributed by atoms with Gasteiger partial charge in [-0.15, -0.1) is 0 Å². The first-order valence-electron chi connectivity index (χ1n) is 7.04. The van der Waals surface area contributed by atoms with Gasteiger partial charge in [-0.1, -0.05) is 0 Å². The van der Waals surface area contributed by atoms with E-state index in [9.17, 15) is 0 Å². The first kappa shape index (κ1) is 18.1. The predicted molar refractivity (Wildman–Crippen MR) is 101 cm³/mol. The number of rotatable bonds is 3. The van der Waals surface area contributed by atoms with Crippen LogP contribution in [0.4, 0.5) is 5.25 Å². The predicted octanol–water partition coefficient (Wildman–Crippen LogP) is 5.00. The summed E-state index contributed by atoms with van der Waals surface area (Å²) in [6.07, 6.45) is 0. The molecule has 0 spiro atoms. The molecule has 0 unspecified atom stereocenters. The van der Waals surface area contributed by atoms with E-state index in [1.54, 1.807) is 0 Å². The van der Waals surface area contributed by atoms with E-state index in [1.807, 2.05) is 0 Å². The maximum atomic E-state index is 16.5. The SMILES string of the molecule is [F][Bi]([F])([c]1ccc(Cl)cc1)([c]1ccc(Cl)cc1)[c]1ccc(Cl)cc1. The number of benzene rings is 3. The fourth-order valence-electron chi connectivity index (χ4n) is 2.56. The molecule has 3 aromatic carbocycles. The average Bonchev–Trinajstić information content (AvgIpc) is 2.56. The van der Waals surface area contributed by atoms with Crippen LogP contribution in [0.2, 0.25) is 15.1 Å². The Hall–Kier alpha value is -0.727. The average molecular weight is 582 g/mol. The van der Waals surface area contributed by atoms with E-state index in [4.69, 9.17) is 34.8 Å². The Kier molecular flexibility index (Phi) is 4.92. The van der Waals surface area contributed by atoms with Crippen molar-refractivity contribution in [1.29, 1.82) is 0 Å². The van der Waals surface area contributed by atoms with E-state index in [-0.39, 0.29) is 9.81 Å². The molecule has 0 radical (unpaired) electrons. The van der Waals surface area contributed by atoms with Gasteiger partial charge in [0.05, 0.1) is 0 Å². The third-order valence-electron chi connectivity index (χ3n) is 3.84. The van der Waals surface area contributed by atoms with Crippen molar-refractivity contribution in [3.05, 3.63) is 87.9 Å². The van der Waals surface area contributed by atoms with Gasteiger partial charge in [0.1, 0.15) is 0 Å². The summed E-state index contributed by atoms with van der Waals surface area (Å²) < 4.78 is 33.0. The molecule has 3 rings (SSSR count). The van der Waals surface area contributed by atoms with E-state index >= 15 is 5.25 Å². The van der Waals surface area contributed by atoms with Gasteiger partial charge in [0.25, 0.3) is 0 Å². The van der Waals surface area contributed by atoms with Gasteiger partial charge in [-0.3, -0.25) is 0 Å². The topological polar surface area (TPSA) is 0 Å². The van der Waals surface area contributed by atoms with Gasteiger partial charge in [-0.2, -0.15) is 0 Å². The van der Waals surface area contributed by atoms with Crippen LogP contribution in [0.1, 0.15) is 0 Å². The van der Waals surface area contributed by atoms with Crippen LogP contribution < -0.4 is 9.81 Å². The Morgan fingerprint density at radius 3 is 0.875 bits per heavy atom. The molecular weight excluding hydrogens is 570 g/mol. The number of hydrogen-bond donors (Lipinski definition) is 0. The molecular formula is C18H12BiCl3F2. The fourth-order valence-corrected chi connectivity index (χ4v) is 14.3. The molecule has 0 aliphatic heterocycles. The molecule has 3 aromatic rings. The maximum absolute atomic E-state index is 16.5. The minimum atomic E-state index is -6.79. The van der Waals surface area contributed by atoms with Crippen molar-refractivity contribution >= 4 is 64.6 Å². The third kappa shape index (κ3) is 3.08. The zero-order valence-electron chi connectivity index (χ0n) is 12.3. The molecule has 24 heavy (non-hydrogen) atoms. The van der Waals surface area contributed by atoms with E-state index in [0.29, 0.717) is 15.1 Å². The molecule has 0 heterocycles. The van der Waals surface area contributed by atoms with Crippen molar-refractivity contribution in [2.75, 3.05) is 0 Å². The van der Waals surface area contributed by atoms with Gasteiger partial charge < -0.3 is 0 Å². The monoisotopic (exact) mass is 580 g/mol. The molecule has 0 saturated carbocycles. The molecule has 0 atom stereocenters. The molecule has 0 N–H and O–H groups in total. The van der Waals surface area contributed by atoms with Crippen LogP contribution in [-0.2, 0) is 0 Å². The summed E-state index contributed by atoms with van der Waals surface area (Å²) in [6.45, 7) is 0. The molecule has 124 valence electrons. The van der Waals surface area contributed by atoms with Crippen LogP contribution >= 0.6 is 34.8 Å². The molecule has 0 aromatic heterocycles. The summed E-state index contributed by atoms with van der Waals surface area (Å²) in [5.41, 5.74) is 0. The molecule has 0 nitrogen and oxygen atoms in total. The molecule has 6 heteroatoms. The molecule has 0 bridgehead atoms. The van der Waals surface area contributed by atoms with Gasteiger partial charge >= 0.3 is 158 Å². The molecule has 0 fully saturated rings. The van der Waals surface area contributed by atoms with Crippen LogP contribution in [0.15, 0.2) is 72.8 Å². The zero-order valence-corrected chi connectivity index (χ0v) is 18.0. The second-order valence-corrected chi connectivity index (χ2v) is 19.7. The fraction of sp³-hybridized carbons (Fsp3) is 0. The molecule has 0 aliphatic rings. The summed E-state index contributed by atoms with van der Waals surface area (Å²) in [6, 6.07) is 17.5. The summed E-state index contributed by atoms with van der Waals surface area (Å²) in [7, 11) is 0. The van der Waals surface area contributed by atoms with Gasteiger partial charge in [-0.05, 0) is 0 Å². The molecule has 0 saturated heterocycles. The zero-order chi connectivity index (χ0) is 17.4. The Bertz CT molecular complexity index is 743. The van der Waals surface area contributed by atoms with Crippen molar-refractivity contribution in [1.82, 2.24) is 0 Å². The quantitative estimate of drug-likeness (QED) is 0.382. The first-order valence-corrected chi connectivity index (χ1v) is 16.0. The van der Waals surface area contributed by atoms with Crippen LogP contribution in [0, 0.1) is 0 Å². The Labute approximate surface area is 156 Å². The van der Waals surface area contributed by atoms with Crippen LogP contribution in [0.3, 0.4) is 0 Å². The van der Waals surface area contributed by atoms with Crippen molar-refractivity contribution in [3.63, 3.8) is 0 Å². The van der Waals surface area contributed by atoms with E-state index < -0.39 is 20.0 Å². The standard InChI is InChI=1S/3C6H4Cl.Bi.2FH/c3*7-6-4-2-1-3-5-6;;;/h3*2-5H;;2*1H/q;;;+2;;/p-2. The first-order chi connectivity index (χ1) is 11.3. The minimum absolute atomic E-state index is 0.0232. The number of hydrogen-bond acceptors (Lipinski definition) is 0. The second-order valence-electron chi connectivity index (χ2n) is 5.34. The van der Waals surface area contributed by atoms with Gasteiger partial charge in [-0.25, -0.2) is 0 Å². The molecule has 0 aliphatic carbocycles. The van der Waals surface area contributed by atoms with Crippen molar-refractivity contribution in [3.8, 4) is 0 Å². The van der Waals surface area contributed by atoms with Gasteiger partial charge in [0, 0.05) is 0 Å². The Morgan fingerprint density at radius 2 is 0.667 bits per heavy atom. The summed E-state index contributed by atoms with van der Waals surface area (Å²) in [4.78, 5) is 0. The van der Waals surface area contributed by atoms with E-state index in [1.165, 1.54) is 72.8 Å². The third-order valence-corrected chi connectivity index (χ3v) is 18.6. The second kappa shape index (κ2) is 6.54. The van der Waals surface area contributed by atoms with Crippen LogP contribution in [0.25, 0.3) is 0 Å². The van der Waals surface area contributed by atoms with E-state index in [2.05, 4.69) is 0 Å². The molecule has 0 amide bonds. The number of halogens is 5. The van der Waals surface area contributed by atoms with Gasteiger partial charge in [0.15, 0.2) is 0 Å².